The highest BCUT2D eigenvalue weighted by atomic mass is 19.4. The van der Waals surface area contributed by atoms with Gasteiger partial charge in [-0.2, -0.15) is 0 Å². The Hall–Kier alpha value is -3.21. The third-order valence-corrected chi connectivity index (χ3v) is 5.65. The van der Waals surface area contributed by atoms with Crippen LogP contribution in [0, 0.1) is 0 Å². The van der Waals surface area contributed by atoms with Crippen LogP contribution in [0.2, 0.25) is 0 Å². The first-order valence-corrected chi connectivity index (χ1v) is 10.0. The summed E-state index contributed by atoms with van der Waals surface area (Å²) >= 11 is 0. The van der Waals surface area contributed by atoms with Gasteiger partial charge in [0.05, 0.1) is 23.3 Å². The van der Waals surface area contributed by atoms with E-state index in [2.05, 4.69) is 30.4 Å². The number of aryl methyl sites for hydroxylation is 1. The summed E-state index contributed by atoms with van der Waals surface area (Å²) in [5.41, 5.74) is 4.60. The molecule has 3 heterocycles. The minimum Gasteiger partial charge on any atom is -0.350 e. The number of ether oxygens (including phenoxy) is 1. The van der Waals surface area contributed by atoms with Crippen LogP contribution in [0.25, 0.3) is 27.7 Å². The number of halogens is 3. The monoisotopic (exact) mass is 431 g/mol. The first kappa shape index (κ1) is 19.7. The number of nitrogens with one attached hydrogen (secondary N) is 1. The van der Waals surface area contributed by atoms with Crippen molar-refractivity contribution >= 4 is 22.5 Å². The molecule has 4 aromatic rings. The van der Waals surface area contributed by atoms with Crippen LogP contribution in [0.4, 0.5) is 19.1 Å². The van der Waals surface area contributed by atoms with Gasteiger partial charge in [-0.25, -0.2) is 14.2 Å². The van der Waals surface area contributed by atoms with E-state index in [9.17, 15) is 13.2 Å². The van der Waals surface area contributed by atoms with Gasteiger partial charge in [-0.3, -0.25) is 4.74 Å². The van der Waals surface area contributed by atoms with E-state index in [1.165, 1.54) is 0 Å². The Labute approximate surface area is 175 Å². The molecule has 1 fully saturated rings. The molecular formula is C20H20F3N7O. The molecule has 1 aromatic carbocycles. The highest BCUT2D eigenvalue weighted by Crippen LogP contribution is 2.30. The van der Waals surface area contributed by atoms with Gasteiger partial charge in [0.15, 0.2) is 0 Å². The largest absolute Gasteiger partial charge is 0.522 e. The second kappa shape index (κ2) is 7.49. The zero-order chi connectivity index (χ0) is 21.6. The lowest BCUT2D eigenvalue weighted by Crippen LogP contribution is -2.33. The molecule has 0 unspecified atom stereocenters. The van der Waals surface area contributed by atoms with E-state index < -0.39 is 12.5 Å². The maximum atomic E-state index is 12.4. The number of fused-ring (bicyclic) bond motifs is 2. The first-order valence-electron chi connectivity index (χ1n) is 10.0. The summed E-state index contributed by atoms with van der Waals surface area (Å²) in [7, 11) is 1.85. The van der Waals surface area contributed by atoms with Crippen molar-refractivity contribution < 1.29 is 17.9 Å². The number of aromatic nitrogens is 6. The molecule has 1 N–H and O–H groups in total. The summed E-state index contributed by atoms with van der Waals surface area (Å²) in [6, 6.07) is 7.92. The lowest BCUT2D eigenvalue weighted by Gasteiger charge is -2.29. The summed E-state index contributed by atoms with van der Waals surface area (Å²) in [4.78, 5) is 4.42. The number of alkyl halides is 3. The second-order valence-electron chi connectivity index (χ2n) is 7.74. The van der Waals surface area contributed by atoms with Crippen molar-refractivity contribution in [3.8, 4) is 11.1 Å². The molecule has 3 aromatic heterocycles. The van der Waals surface area contributed by atoms with Crippen molar-refractivity contribution in [3.05, 3.63) is 36.7 Å². The Balaban J connectivity index is 1.31. The molecular weight excluding hydrogens is 411 g/mol. The highest BCUT2D eigenvalue weighted by Gasteiger charge is 2.35. The fourth-order valence-electron chi connectivity index (χ4n) is 4.11. The van der Waals surface area contributed by atoms with Crippen molar-refractivity contribution in [2.24, 2.45) is 7.05 Å². The number of rotatable bonds is 4. The molecule has 1 saturated carbocycles. The maximum absolute atomic E-state index is 12.4. The van der Waals surface area contributed by atoms with Crippen molar-refractivity contribution in [1.29, 1.82) is 0 Å². The maximum Gasteiger partial charge on any atom is 0.522 e. The topological polar surface area (TPSA) is 82.2 Å². The quantitative estimate of drug-likeness (QED) is 0.527. The second-order valence-corrected chi connectivity index (χ2v) is 7.74. The van der Waals surface area contributed by atoms with E-state index in [1.807, 2.05) is 37.5 Å². The summed E-state index contributed by atoms with van der Waals surface area (Å²) in [5, 5.41) is 15.9. The summed E-state index contributed by atoms with van der Waals surface area (Å²) in [6.45, 7) is 0. The molecule has 1 aliphatic rings. The molecule has 1 aliphatic carbocycles. The van der Waals surface area contributed by atoms with Crippen LogP contribution in [0.15, 0.2) is 36.7 Å². The predicted octanol–water partition coefficient (Wildman–Crippen LogP) is 3.94. The van der Waals surface area contributed by atoms with Gasteiger partial charge < -0.3 is 5.32 Å². The zero-order valence-corrected chi connectivity index (χ0v) is 16.7. The summed E-state index contributed by atoms with van der Waals surface area (Å²) in [6.07, 6.45) is 0.0714. The molecule has 0 bridgehead atoms. The van der Waals surface area contributed by atoms with E-state index >= 15 is 0 Å². The van der Waals surface area contributed by atoms with E-state index in [-0.39, 0.29) is 6.04 Å². The Morgan fingerprint density at radius 3 is 2.68 bits per heavy atom. The molecule has 0 atom stereocenters. The Kier molecular flexibility index (Phi) is 4.77. The third kappa shape index (κ3) is 4.05. The number of benzene rings is 1. The SMILES string of the molecule is Cn1nnc2ccc(-c3ccn4nc(N[C@H]5CC[C@@H](OC(F)(F)F)CC5)ncc34)cc21. The van der Waals surface area contributed by atoms with Crippen LogP contribution in [-0.2, 0) is 11.8 Å². The lowest BCUT2D eigenvalue weighted by molar-refractivity contribution is -0.345. The van der Waals surface area contributed by atoms with Crippen molar-refractivity contribution in [2.45, 2.75) is 44.2 Å². The van der Waals surface area contributed by atoms with E-state index in [0.717, 1.165) is 27.7 Å². The first-order chi connectivity index (χ1) is 14.9. The fraction of sp³-hybridized carbons (Fsp3) is 0.400. The standard InChI is InChI=1S/C20H20F3N7O/c1-29-17-10-12(2-7-16(17)26-28-29)15-8-9-30-18(15)11-24-19(27-30)25-13-3-5-14(6-4-13)31-20(21,22)23/h2,7-11,13-14H,3-6H2,1H3,(H,25,27)/t13-,14+. The van der Waals surface area contributed by atoms with Gasteiger partial charge in [0.1, 0.15) is 5.52 Å². The molecule has 5 rings (SSSR count). The predicted molar refractivity (Wildman–Crippen MR) is 107 cm³/mol. The molecule has 0 radical (unpaired) electrons. The molecule has 8 nitrogen and oxygen atoms in total. The van der Waals surface area contributed by atoms with Gasteiger partial charge in [-0.15, -0.1) is 23.4 Å². The van der Waals surface area contributed by atoms with E-state index in [4.69, 9.17) is 0 Å². The van der Waals surface area contributed by atoms with E-state index in [0.29, 0.717) is 31.6 Å². The van der Waals surface area contributed by atoms with Crippen LogP contribution in [0.3, 0.4) is 0 Å². The van der Waals surface area contributed by atoms with Gasteiger partial charge in [0, 0.05) is 24.8 Å². The third-order valence-electron chi connectivity index (χ3n) is 5.65. The number of hydrogen-bond acceptors (Lipinski definition) is 6. The molecule has 0 aliphatic heterocycles. The van der Waals surface area contributed by atoms with Gasteiger partial charge >= 0.3 is 6.36 Å². The Bertz CT molecular complexity index is 1220. The number of nitrogens with zero attached hydrogens (tertiary/aromatic N) is 6. The molecule has 11 heteroatoms. The lowest BCUT2D eigenvalue weighted by atomic mass is 9.93. The van der Waals surface area contributed by atoms with Gasteiger partial charge in [-0.05, 0) is 49.4 Å². The van der Waals surface area contributed by atoms with Crippen molar-refractivity contribution in [2.75, 3.05) is 5.32 Å². The summed E-state index contributed by atoms with van der Waals surface area (Å²) < 4.78 is 44.7. The minimum absolute atomic E-state index is 0.0142. The van der Waals surface area contributed by atoms with Crippen LogP contribution >= 0.6 is 0 Å². The molecule has 0 spiro atoms. The molecule has 31 heavy (non-hydrogen) atoms. The van der Waals surface area contributed by atoms with Crippen LogP contribution in [-0.4, -0.2) is 48.1 Å². The van der Waals surface area contributed by atoms with Crippen LogP contribution in [0.5, 0.6) is 0 Å². The Morgan fingerprint density at radius 1 is 1.10 bits per heavy atom. The number of hydrogen-bond donors (Lipinski definition) is 1. The smallest absolute Gasteiger partial charge is 0.350 e. The van der Waals surface area contributed by atoms with Gasteiger partial charge in [-0.1, -0.05) is 11.3 Å². The minimum atomic E-state index is -4.58. The Morgan fingerprint density at radius 2 is 1.90 bits per heavy atom. The average molecular weight is 431 g/mol. The molecule has 162 valence electrons. The average Bonchev–Trinajstić information content (AvgIpc) is 3.31. The van der Waals surface area contributed by atoms with Gasteiger partial charge in [0.2, 0.25) is 5.95 Å². The van der Waals surface area contributed by atoms with Crippen molar-refractivity contribution in [3.63, 3.8) is 0 Å². The highest BCUT2D eigenvalue weighted by molar-refractivity contribution is 5.87. The molecule has 0 saturated heterocycles. The number of anilines is 1. The normalized spacial score (nSPS) is 19.9. The fourth-order valence-corrected chi connectivity index (χ4v) is 4.11. The molecule has 0 amide bonds. The van der Waals surface area contributed by atoms with Crippen molar-refractivity contribution in [1.82, 2.24) is 29.6 Å². The summed E-state index contributed by atoms with van der Waals surface area (Å²) in [5.74, 6) is 0.445. The van der Waals surface area contributed by atoms with Crippen LogP contribution in [0.1, 0.15) is 25.7 Å². The zero-order valence-electron chi connectivity index (χ0n) is 16.7. The van der Waals surface area contributed by atoms with Crippen LogP contribution < -0.4 is 5.32 Å². The van der Waals surface area contributed by atoms with E-state index in [1.54, 1.807) is 15.4 Å². The van der Waals surface area contributed by atoms with Gasteiger partial charge in [0.25, 0.3) is 0 Å².